The van der Waals surface area contributed by atoms with Crippen molar-refractivity contribution in [1.29, 1.82) is 0 Å². The molecule has 0 unspecified atom stereocenters. The van der Waals surface area contributed by atoms with E-state index in [0.717, 1.165) is 64.1 Å². The highest BCUT2D eigenvalue weighted by Crippen LogP contribution is 2.42. The van der Waals surface area contributed by atoms with Gasteiger partial charge in [-0.05, 0) is 56.1 Å². The number of aromatic nitrogens is 1. The molecule has 1 aromatic rings. The van der Waals surface area contributed by atoms with E-state index >= 15 is 0 Å². The number of pyridine rings is 1. The fraction of sp³-hybridized carbons (Fsp3) is 0.727. The molecule has 1 aromatic heterocycles. The van der Waals surface area contributed by atoms with Crippen LogP contribution in [0.15, 0.2) is 24.4 Å². The molecule has 3 rings (SSSR count). The minimum atomic E-state index is -0.0385. The Hall–Kier alpha value is -1.46. The number of amides is 1. The standard InChI is InChI=1S/C22H34N2O3/c1-18(2)6-7-21(25)24-13-10-22(11-14-24)19(9-16-27-22)8-15-26-17-20-5-3-4-12-23-20/h3-5,12,18-19H,6-11,13-17H2,1-2H3/t19-/m0/s1. The highest BCUT2D eigenvalue weighted by Gasteiger charge is 2.46. The second-order valence-corrected chi connectivity index (χ2v) is 8.37. The Bertz CT molecular complexity index is 582. The highest BCUT2D eigenvalue weighted by atomic mass is 16.5. The largest absolute Gasteiger partial charge is 0.375 e. The minimum Gasteiger partial charge on any atom is -0.375 e. The number of nitrogens with zero attached hydrogens (tertiary/aromatic N) is 2. The Labute approximate surface area is 163 Å². The van der Waals surface area contributed by atoms with Gasteiger partial charge in [0, 0.05) is 38.9 Å². The number of likely N-dealkylation sites (tertiary alicyclic amines) is 1. The SMILES string of the molecule is CC(C)CCC(=O)N1CCC2(CC1)OCC[C@@H]2CCOCc1ccccn1. The van der Waals surface area contributed by atoms with E-state index < -0.39 is 0 Å². The first kappa shape index (κ1) is 20.3. The quantitative estimate of drug-likeness (QED) is 0.649. The summed E-state index contributed by atoms with van der Waals surface area (Å²) in [4.78, 5) is 18.7. The number of carbonyl (C=O) groups excluding carboxylic acids is 1. The van der Waals surface area contributed by atoms with E-state index in [1.165, 1.54) is 0 Å². The molecule has 1 spiro atoms. The molecule has 0 bridgehead atoms. The number of hydrogen-bond donors (Lipinski definition) is 0. The summed E-state index contributed by atoms with van der Waals surface area (Å²) in [6, 6.07) is 5.90. The van der Waals surface area contributed by atoms with Gasteiger partial charge in [0.05, 0.1) is 17.9 Å². The molecule has 150 valence electrons. The number of carbonyl (C=O) groups is 1. The average molecular weight is 375 g/mol. The van der Waals surface area contributed by atoms with E-state index in [1.807, 2.05) is 23.1 Å². The lowest BCUT2D eigenvalue weighted by Crippen LogP contribution is -2.49. The Morgan fingerprint density at radius 2 is 2.19 bits per heavy atom. The third-order valence-electron chi connectivity index (χ3n) is 6.08. The van der Waals surface area contributed by atoms with Crippen molar-refractivity contribution >= 4 is 5.91 Å². The lowest BCUT2D eigenvalue weighted by atomic mass is 9.78. The van der Waals surface area contributed by atoms with Gasteiger partial charge in [-0.3, -0.25) is 9.78 Å². The number of rotatable bonds is 8. The predicted octanol–water partition coefficient (Wildman–Crippen LogP) is 3.82. The molecule has 0 N–H and O–H groups in total. The summed E-state index contributed by atoms with van der Waals surface area (Å²) in [7, 11) is 0. The second kappa shape index (κ2) is 9.65. The van der Waals surface area contributed by atoms with Gasteiger partial charge in [0.25, 0.3) is 0 Å². The number of ether oxygens (including phenoxy) is 2. The lowest BCUT2D eigenvalue weighted by Gasteiger charge is -2.42. The van der Waals surface area contributed by atoms with E-state index in [4.69, 9.17) is 9.47 Å². The molecule has 1 amide bonds. The molecule has 2 fully saturated rings. The third kappa shape index (κ3) is 5.52. The van der Waals surface area contributed by atoms with Gasteiger partial charge in [-0.1, -0.05) is 19.9 Å². The third-order valence-corrected chi connectivity index (χ3v) is 6.08. The maximum absolute atomic E-state index is 12.4. The highest BCUT2D eigenvalue weighted by molar-refractivity contribution is 5.76. The maximum atomic E-state index is 12.4. The lowest BCUT2D eigenvalue weighted by molar-refractivity contribution is -0.138. The van der Waals surface area contributed by atoms with Gasteiger partial charge in [0.1, 0.15) is 0 Å². The van der Waals surface area contributed by atoms with Crippen LogP contribution in [0.3, 0.4) is 0 Å². The summed E-state index contributed by atoms with van der Waals surface area (Å²) >= 11 is 0. The van der Waals surface area contributed by atoms with E-state index in [9.17, 15) is 4.79 Å². The summed E-state index contributed by atoms with van der Waals surface area (Å²) in [5.41, 5.74) is 0.937. The molecule has 2 aliphatic heterocycles. The minimum absolute atomic E-state index is 0.0385. The predicted molar refractivity (Wildman–Crippen MR) is 105 cm³/mol. The van der Waals surface area contributed by atoms with Crippen LogP contribution in [0, 0.1) is 11.8 Å². The van der Waals surface area contributed by atoms with Gasteiger partial charge in [-0.25, -0.2) is 0 Å². The summed E-state index contributed by atoms with van der Waals surface area (Å²) < 4.78 is 12.1. The summed E-state index contributed by atoms with van der Waals surface area (Å²) in [5.74, 6) is 1.43. The van der Waals surface area contributed by atoms with Crippen molar-refractivity contribution in [3.05, 3.63) is 30.1 Å². The first-order chi connectivity index (χ1) is 13.1. The molecule has 3 heterocycles. The molecule has 1 atom stereocenters. The average Bonchev–Trinajstić information content (AvgIpc) is 3.06. The Morgan fingerprint density at radius 3 is 2.89 bits per heavy atom. The zero-order valence-corrected chi connectivity index (χ0v) is 16.9. The van der Waals surface area contributed by atoms with Gasteiger partial charge in [-0.2, -0.15) is 0 Å². The van der Waals surface area contributed by atoms with Gasteiger partial charge in [-0.15, -0.1) is 0 Å². The molecule has 2 saturated heterocycles. The Morgan fingerprint density at radius 1 is 1.37 bits per heavy atom. The fourth-order valence-corrected chi connectivity index (χ4v) is 4.34. The van der Waals surface area contributed by atoms with E-state index in [2.05, 4.69) is 18.8 Å². The molecular formula is C22H34N2O3. The van der Waals surface area contributed by atoms with Crippen molar-refractivity contribution in [2.75, 3.05) is 26.3 Å². The number of hydrogen-bond acceptors (Lipinski definition) is 4. The van der Waals surface area contributed by atoms with E-state index in [1.54, 1.807) is 6.20 Å². The van der Waals surface area contributed by atoms with Crippen molar-refractivity contribution in [3.63, 3.8) is 0 Å². The normalized spacial score (nSPS) is 21.9. The molecule has 2 aliphatic rings. The molecule has 5 nitrogen and oxygen atoms in total. The number of piperidine rings is 1. The van der Waals surface area contributed by atoms with Crippen LogP contribution in [0.2, 0.25) is 0 Å². The van der Waals surface area contributed by atoms with Crippen molar-refractivity contribution in [3.8, 4) is 0 Å². The van der Waals surface area contributed by atoms with Crippen LogP contribution in [-0.2, 0) is 20.9 Å². The monoisotopic (exact) mass is 374 g/mol. The molecular weight excluding hydrogens is 340 g/mol. The zero-order chi connectivity index (χ0) is 19.1. The zero-order valence-electron chi connectivity index (χ0n) is 16.9. The Kier molecular flexibility index (Phi) is 7.25. The van der Waals surface area contributed by atoms with Gasteiger partial charge in [0.15, 0.2) is 0 Å². The van der Waals surface area contributed by atoms with Crippen LogP contribution in [0.4, 0.5) is 0 Å². The van der Waals surface area contributed by atoms with Crippen molar-refractivity contribution in [2.24, 2.45) is 11.8 Å². The molecule has 0 saturated carbocycles. The fourth-order valence-electron chi connectivity index (χ4n) is 4.34. The molecule has 27 heavy (non-hydrogen) atoms. The van der Waals surface area contributed by atoms with Crippen molar-refractivity contribution in [2.45, 2.75) is 64.6 Å². The topological polar surface area (TPSA) is 51.7 Å². The van der Waals surface area contributed by atoms with Crippen molar-refractivity contribution < 1.29 is 14.3 Å². The first-order valence-corrected chi connectivity index (χ1v) is 10.5. The van der Waals surface area contributed by atoms with Crippen LogP contribution in [-0.4, -0.2) is 47.7 Å². The molecule has 0 aliphatic carbocycles. The summed E-state index contributed by atoms with van der Waals surface area (Å²) in [6.45, 7) is 8.16. The van der Waals surface area contributed by atoms with E-state index in [0.29, 0.717) is 30.8 Å². The molecule has 0 aromatic carbocycles. The Balaban J connectivity index is 1.42. The van der Waals surface area contributed by atoms with E-state index in [-0.39, 0.29) is 5.60 Å². The van der Waals surface area contributed by atoms with Crippen LogP contribution in [0.5, 0.6) is 0 Å². The maximum Gasteiger partial charge on any atom is 0.222 e. The first-order valence-electron chi connectivity index (χ1n) is 10.5. The van der Waals surface area contributed by atoms with Crippen LogP contribution in [0.1, 0.15) is 58.1 Å². The van der Waals surface area contributed by atoms with Crippen LogP contribution in [0.25, 0.3) is 0 Å². The van der Waals surface area contributed by atoms with Gasteiger partial charge in [0.2, 0.25) is 5.91 Å². The smallest absolute Gasteiger partial charge is 0.222 e. The van der Waals surface area contributed by atoms with Gasteiger partial charge < -0.3 is 14.4 Å². The van der Waals surface area contributed by atoms with Crippen LogP contribution >= 0.6 is 0 Å². The van der Waals surface area contributed by atoms with Crippen molar-refractivity contribution in [1.82, 2.24) is 9.88 Å². The second-order valence-electron chi connectivity index (χ2n) is 8.37. The summed E-state index contributed by atoms with van der Waals surface area (Å²) in [6.07, 6.45) is 7.51. The van der Waals surface area contributed by atoms with Crippen LogP contribution < -0.4 is 0 Å². The van der Waals surface area contributed by atoms with Gasteiger partial charge >= 0.3 is 0 Å². The molecule has 5 heteroatoms. The molecule has 0 radical (unpaired) electrons. The summed E-state index contributed by atoms with van der Waals surface area (Å²) in [5, 5.41) is 0.